The van der Waals surface area contributed by atoms with Crippen molar-refractivity contribution in [3.8, 4) is 0 Å². The highest BCUT2D eigenvalue weighted by Gasteiger charge is 2.32. The Morgan fingerprint density at radius 2 is 2.12 bits per heavy atom. The van der Waals surface area contributed by atoms with Crippen LogP contribution in [0, 0.1) is 11.3 Å². The summed E-state index contributed by atoms with van der Waals surface area (Å²) in [6.45, 7) is 2.17. The Labute approximate surface area is 184 Å². The van der Waals surface area contributed by atoms with Crippen LogP contribution in [0.25, 0.3) is 11.0 Å². The van der Waals surface area contributed by atoms with Gasteiger partial charge in [0.15, 0.2) is 11.7 Å². The number of nitrogens with zero attached hydrogens (tertiary/aromatic N) is 3. The molecule has 8 nitrogen and oxygen atoms in total. The number of nitrogens with one attached hydrogen (secondary N) is 1. The van der Waals surface area contributed by atoms with Crippen LogP contribution in [0.2, 0.25) is 0 Å². The second-order valence-corrected chi connectivity index (χ2v) is 8.20. The Morgan fingerprint density at radius 1 is 1.34 bits per heavy atom. The molecule has 0 aliphatic carbocycles. The van der Waals surface area contributed by atoms with E-state index in [1.807, 2.05) is 0 Å². The summed E-state index contributed by atoms with van der Waals surface area (Å²) in [6.07, 6.45) is 1.88. The number of benzene rings is 1. The number of ether oxygens (including phenoxy) is 2. The van der Waals surface area contributed by atoms with Gasteiger partial charge in [0.25, 0.3) is 6.43 Å². The Hall–Kier alpha value is -3.01. The van der Waals surface area contributed by atoms with Gasteiger partial charge in [-0.2, -0.15) is 0 Å². The Bertz CT molecular complexity index is 1010. The van der Waals surface area contributed by atoms with Crippen molar-refractivity contribution in [2.75, 3.05) is 26.3 Å². The number of rotatable bonds is 7. The predicted molar refractivity (Wildman–Crippen MR) is 114 cm³/mol. The number of hydrogen-bond donors (Lipinski definition) is 2. The van der Waals surface area contributed by atoms with E-state index in [0.717, 1.165) is 30.4 Å². The molecule has 0 saturated carbocycles. The lowest BCUT2D eigenvalue weighted by Crippen LogP contribution is -2.52. The van der Waals surface area contributed by atoms with E-state index in [1.165, 1.54) is 6.08 Å². The number of carbonyl (C=O) groups is 1. The first-order chi connectivity index (χ1) is 15.4. The summed E-state index contributed by atoms with van der Waals surface area (Å²) in [5.41, 5.74) is 6.64. The molecule has 3 heterocycles. The molecule has 2 aliphatic rings. The summed E-state index contributed by atoms with van der Waals surface area (Å²) >= 11 is 0. The number of hydrogen-bond acceptors (Lipinski definition) is 6. The van der Waals surface area contributed by atoms with Crippen molar-refractivity contribution in [1.29, 1.82) is 5.41 Å². The standard InChI is InChI=1S/C22H27F2N5O3/c23-21(24)22-27-16-6-1-2-7-17(16)29(22)18(25)10-19(26)32-13-14-11-28(12-14)20(30)9-15-5-3-4-8-31-15/h1-2,6-7,10,14-15,21,25H,3-5,8-9,11-13,26H2. The zero-order valence-electron chi connectivity index (χ0n) is 17.7. The van der Waals surface area contributed by atoms with Gasteiger partial charge in [-0.1, -0.05) is 12.1 Å². The fraction of sp³-hybridized carbons (Fsp3) is 0.500. The molecule has 3 N–H and O–H groups in total. The van der Waals surface area contributed by atoms with Gasteiger partial charge in [0.2, 0.25) is 5.91 Å². The van der Waals surface area contributed by atoms with E-state index in [4.69, 9.17) is 20.6 Å². The van der Waals surface area contributed by atoms with Gasteiger partial charge in [-0.25, -0.2) is 13.8 Å². The van der Waals surface area contributed by atoms with E-state index in [1.54, 1.807) is 29.2 Å². The quantitative estimate of drug-likeness (QED) is 0.386. The lowest BCUT2D eigenvalue weighted by molar-refractivity contribution is -0.142. The first kappa shape index (κ1) is 22.2. The van der Waals surface area contributed by atoms with Crippen LogP contribution in [0.15, 0.2) is 36.2 Å². The summed E-state index contributed by atoms with van der Waals surface area (Å²) < 4.78 is 39.0. The van der Waals surface area contributed by atoms with Gasteiger partial charge in [0.05, 0.1) is 30.2 Å². The van der Waals surface area contributed by atoms with Crippen LogP contribution in [0.4, 0.5) is 8.78 Å². The van der Waals surface area contributed by atoms with Crippen molar-refractivity contribution in [2.24, 2.45) is 11.7 Å². The largest absolute Gasteiger partial charge is 0.479 e. The van der Waals surface area contributed by atoms with Crippen molar-refractivity contribution in [1.82, 2.24) is 14.5 Å². The highest BCUT2D eigenvalue weighted by Crippen LogP contribution is 2.25. The van der Waals surface area contributed by atoms with E-state index in [9.17, 15) is 13.6 Å². The SMILES string of the molecule is N=C(C=C(N)OCC1CN(C(=O)CC2CCCCO2)C1)n1c(C(F)F)nc2ccccc21. The minimum atomic E-state index is -2.84. The third kappa shape index (κ3) is 4.90. The van der Waals surface area contributed by atoms with Crippen LogP contribution in [0.5, 0.6) is 0 Å². The molecule has 0 spiro atoms. The molecule has 2 aromatic rings. The highest BCUT2D eigenvalue weighted by atomic mass is 19.3. The molecule has 0 radical (unpaired) electrons. The molecule has 1 amide bonds. The van der Waals surface area contributed by atoms with E-state index in [-0.39, 0.29) is 36.3 Å². The fourth-order valence-electron chi connectivity index (χ4n) is 4.07. The molecule has 2 saturated heterocycles. The normalized spacial score (nSPS) is 19.9. The number of allylic oxidation sites excluding steroid dienone is 1. The number of likely N-dealkylation sites (tertiary alicyclic amines) is 1. The maximum absolute atomic E-state index is 13.4. The topological polar surface area (TPSA) is 106 Å². The first-order valence-electron chi connectivity index (χ1n) is 10.8. The average molecular weight is 447 g/mol. The zero-order valence-corrected chi connectivity index (χ0v) is 17.7. The van der Waals surface area contributed by atoms with Gasteiger partial charge in [0, 0.05) is 31.7 Å². The number of imidazole rings is 1. The second kappa shape index (κ2) is 9.64. The molecular weight excluding hydrogens is 420 g/mol. The molecule has 0 bridgehead atoms. The fourth-order valence-corrected chi connectivity index (χ4v) is 4.07. The van der Waals surface area contributed by atoms with Crippen molar-refractivity contribution in [3.05, 3.63) is 42.0 Å². The zero-order chi connectivity index (χ0) is 22.7. The van der Waals surface area contributed by atoms with E-state index >= 15 is 0 Å². The van der Waals surface area contributed by atoms with Crippen LogP contribution in [0.1, 0.15) is 37.9 Å². The molecule has 1 atom stereocenters. The first-order valence-corrected chi connectivity index (χ1v) is 10.8. The van der Waals surface area contributed by atoms with Crippen molar-refractivity contribution < 1.29 is 23.0 Å². The van der Waals surface area contributed by atoms with Gasteiger partial charge in [-0.05, 0) is 31.4 Å². The van der Waals surface area contributed by atoms with Gasteiger partial charge in [-0.15, -0.1) is 0 Å². The molecule has 1 unspecified atom stereocenters. The van der Waals surface area contributed by atoms with E-state index < -0.39 is 12.2 Å². The van der Waals surface area contributed by atoms with E-state index in [0.29, 0.717) is 30.5 Å². The number of fused-ring (bicyclic) bond motifs is 1. The maximum Gasteiger partial charge on any atom is 0.296 e. The highest BCUT2D eigenvalue weighted by molar-refractivity contribution is 5.99. The minimum absolute atomic E-state index is 0.0218. The van der Waals surface area contributed by atoms with Gasteiger partial charge >= 0.3 is 0 Å². The summed E-state index contributed by atoms with van der Waals surface area (Å²) in [7, 11) is 0. The Kier molecular flexibility index (Phi) is 6.69. The molecule has 172 valence electrons. The number of nitrogens with two attached hydrogens (primary N) is 1. The lowest BCUT2D eigenvalue weighted by Gasteiger charge is -2.39. The number of carbonyl (C=O) groups excluding carboxylic acids is 1. The minimum Gasteiger partial charge on any atom is -0.479 e. The molecule has 4 rings (SSSR count). The average Bonchev–Trinajstić information content (AvgIpc) is 3.13. The molecule has 32 heavy (non-hydrogen) atoms. The lowest BCUT2D eigenvalue weighted by atomic mass is 9.99. The van der Waals surface area contributed by atoms with Crippen LogP contribution in [-0.2, 0) is 14.3 Å². The van der Waals surface area contributed by atoms with Crippen molar-refractivity contribution >= 4 is 22.8 Å². The number of alkyl halides is 2. The Balaban J connectivity index is 1.29. The van der Waals surface area contributed by atoms with Crippen LogP contribution < -0.4 is 5.73 Å². The summed E-state index contributed by atoms with van der Waals surface area (Å²) in [6, 6.07) is 6.61. The molecule has 2 aliphatic heterocycles. The maximum atomic E-state index is 13.4. The van der Waals surface area contributed by atoms with Gasteiger partial charge < -0.3 is 20.1 Å². The molecule has 2 fully saturated rings. The van der Waals surface area contributed by atoms with Crippen LogP contribution >= 0.6 is 0 Å². The van der Waals surface area contributed by atoms with Gasteiger partial charge in [-0.3, -0.25) is 14.8 Å². The smallest absolute Gasteiger partial charge is 0.296 e. The number of halogens is 2. The van der Waals surface area contributed by atoms with E-state index in [2.05, 4.69) is 4.98 Å². The number of amides is 1. The number of aromatic nitrogens is 2. The molecule has 1 aromatic heterocycles. The summed E-state index contributed by atoms with van der Waals surface area (Å²) in [4.78, 5) is 18.0. The molecular formula is C22H27F2N5O3. The monoisotopic (exact) mass is 447 g/mol. The summed E-state index contributed by atoms with van der Waals surface area (Å²) in [5, 5.41) is 8.24. The predicted octanol–water partition coefficient (Wildman–Crippen LogP) is 3.03. The third-order valence-corrected chi connectivity index (χ3v) is 5.77. The van der Waals surface area contributed by atoms with Crippen LogP contribution in [0.3, 0.4) is 0 Å². The van der Waals surface area contributed by atoms with Crippen LogP contribution in [-0.4, -0.2) is 58.6 Å². The number of para-hydroxylation sites is 2. The van der Waals surface area contributed by atoms with Gasteiger partial charge in [0.1, 0.15) is 5.84 Å². The van der Waals surface area contributed by atoms with Crippen molar-refractivity contribution in [2.45, 2.75) is 38.2 Å². The molecule has 10 heteroatoms. The third-order valence-electron chi connectivity index (χ3n) is 5.77. The Morgan fingerprint density at radius 3 is 2.84 bits per heavy atom. The molecule has 1 aromatic carbocycles. The van der Waals surface area contributed by atoms with Crippen molar-refractivity contribution in [3.63, 3.8) is 0 Å². The second-order valence-electron chi connectivity index (χ2n) is 8.20. The summed E-state index contributed by atoms with van der Waals surface area (Å²) in [5.74, 6) is -0.601.